The zero-order valence-corrected chi connectivity index (χ0v) is 16.4. The molecule has 0 amide bonds. The topological polar surface area (TPSA) is 51.1 Å². The molecule has 1 aliphatic rings. The summed E-state index contributed by atoms with van der Waals surface area (Å²) in [6.07, 6.45) is 7.61. The van der Waals surface area contributed by atoms with Crippen LogP contribution in [0.2, 0.25) is 0 Å². The Morgan fingerprint density at radius 1 is 1.27 bits per heavy atom. The van der Waals surface area contributed by atoms with Gasteiger partial charge in [-0.05, 0) is 31.4 Å². The number of hydrogen-bond donors (Lipinski definition) is 0. The van der Waals surface area contributed by atoms with Gasteiger partial charge < -0.3 is 9.64 Å². The van der Waals surface area contributed by atoms with Crippen molar-refractivity contribution in [3.8, 4) is 11.4 Å². The van der Waals surface area contributed by atoms with E-state index in [0.29, 0.717) is 5.92 Å². The third-order valence-electron chi connectivity index (χ3n) is 4.90. The van der Waals surface area contributed by atoms with E-state index in [0.717, 1.165) is 42.4 Å². The maximum absolute atomic E-state index is 6.35. The average Bonchev–Trinajstić information content (AvgIpc) is 2.66. The predicted molar refractivity (Wildman–Crippen MR) is 105 cm³/mol. The first kappa shape index (κ1) is 18.8. The summed E-state index contributed by atoms with van der Waals surface area (Å²) in [6, 6.07) is 6.01. The second-order valence-corrected chi connectivity index (χ2v) is 7.52. The molecule has 3 heterocycles. The molecule has 0 spiro atoms. The third kappa shape index (κ3) is 4.58. The highest BCUT2D eigenvalue weighted by Crippen LogP contribution is 2.26. The molecule has 26 heavy (non-hydrogen) atoms. The van der Waals surface area contributed by atoms with Crippen molar-refractivity contribution in [1.29, 1.82) is 0 Å². The van der Waals surface area contributed by atoms with Gasteiger partial charge in [0.25, 0.3) is 0 Å². The molecule has 1 fully saturated rings. The number of ether oxygens (including phenoxy) is 1. The van der Waals surface area contributed by atoms with Crippen molar-refractivity contribution in [3.05, 3.63) is 36.3 Å². The Morgan fingerprint density at radius 3 is 2.81 bits per heavy atom. The van der Waals surface area contributed by atoms with Crippen molar-refractivity contribution < 1.29 is 4.74 Å². The molecule has 0 aromatic carbocycles. The lowest BCUT2D eigenvalue weighted by Gasteiger charge is -2.40. The van der Waals surface area contributed by atoms with Crippen LogP contribution in [-0.4, -0.2) is 40.2 Å². The second kappa shape index (κ2) is 8.58. The summed E-state index contributed by atoms with van der Waals surface area (Å²) in [5.41, 5.74) is 1.93. The lowest BCUT2D eigenvalue weighted by Crippen LogP contribution is -2.50. The van der Waals surface area contributed by atoms with E-state index in [9.17, 15) is 0 Å². The minimum atomic E-state index is 0.239. The summed E-state index contributed by atoms with van der Waals surface area (Å²) in [7, 11) is 0. The standard InChI is InChI=1S/C21H30N4O/c1-5-6-9-18-13-25(14-19(26-18)15(2)3)20-11-16(4)23-21(24-20)17-8-7-10-22-12-17/h7-8,10-12,15,18-19H,5-6,9,13-14H2,1-4H3/t18-,19-/m1/s1. The van der Waals surface area contributed by atoms with Crippen LogP contribution in [0.3, 0.4) is 0 Å². The van der Waals surface area contributed by atoms with Gasteiger partial charge in [-0.3, -0.25) is 4.98 Å². The molecular weight excluding hydrogens is 324 g/mol. The van der Waals surface area contributed by atoms with Gasteiger partial charge in [-0.25, -0.2) is 9.97 Å². The molecule has 2 aromatic rings. The van der Waals surface area contributed by atoms with Crippen LogP contribution in [0.25, 0.3) is 11.4 Å². The van der Waals surface area contributed by atoms with Crippen LogP contribution < -0.4 is 4.90 Å². The van der Waals surface area contributed by atoms with E-state index in [-0.39, 0.29) is 12.2 Å². The maximum Gasteiger partial charge on any atom is 0.163 e. The molecule has 0 aliphatic carbocycles. The van der Waals surface area contributed by atoms with E-state index in [1.165, 1.54) is 12.8 Å². The Hall–Kier alpha value is -2.01. The number of aromatic nitrogens is 3. The van der Waals surface area contributed by atoms with Crippen molar-refractivity contribution in [2.45, 2.75) is 59.2 Å². The number of unbranched alkanes of at least 4 members (excludes halogenated alkanes) is 1. The first-order chi connectivity index (χ1) is 12.6. The van der Waals surface area contributed by atoms with Crippen LogP contribution in [0.1, 0.15) is 45.7 Å². The third-order valence-corrected chi connectivity index (χ3v) is 4.90. The lowest BCUT2D eigenvalue weighted by atomic mass is 10.0. The molecule has 0 bridgehead atoms. The number of rotatable bonds is 6. The quantitative estimate of drug-likeness (QED) is 0.775. The van der Waals surface area contributed by atoms with E-state index < -0.39 is 0 Å². The van der Waals surface area contributed by atoms with E-state index >= 15 is 0 Å². The highest BCUT2D eigenvalue weighted by Gasteiger charge is 2.30. The second-order valence-electron chi connectivity index (χ2n) is 7.52. The summed E-state index contributed by atoms with van der Waals surface area (Å²) in [5, 5.41) is 0. The van der Waals surface area contributed by atoms with Gasteiger partial charge in [0.15, 0.2) is 5.82 Å². The molecular formula is C21H30N4O. The van der Waals surface area contributed by atoms with Crippen molar-refractivity contribution in [1.82, 2.24) is 15.0 Å². The Morgan fingerprint density at radius 2 is 2.12 bits per heavy atom. The van der Waals surface area contributed by atoms with E-state index in [1.807, 2.05) is 25.3 Å². The Kier molecular flexibility index (Phi) is 6.20. The predicted octanol–water partition coefficient (Wildman–Crippen LogP) is 4.27. The Labute approximate surface area is 156 Å². The first-order valence-electron chi connectivity index (χ1n) is 9.73. The number of pyridine rings is 1. The molecule has 1 saturated heterocycles. The van der Waals surface area contributed by atoms with Crippen molar-refractivity contribution in [3.63, 3.8) is 0 Å². The highest BCUT2D eigenvalue weighted by molar-refractivity contribution is 5.56. The van der Waals surface area contributed by atoms with Crippen molar-refractivity contribution >= 4 is 5.82 Å². The summed E-state index contributed by atoms with van der Waals surface area (Å²) in [5.74, 6) is 2.22. The molecule has 0 unspecified atom stereocenters. The molecule has 3 rings (SSSR count). The van der Waals surface area contributed by atoms with Gasteiger partial charge in [-0.1, -0.05) is 33.6 Å². The van der Waals surface area contributed by atoms with Gasteiger partial charge in [0.05, 0.1) is 12.2 Å². The maximum atomic E-state index is 6.35. The van der Waals surface area contributed by atoms with Gasteiger partial charge in [-0.2, -0.15) is 0 Å². The van der Waals surface area contributed by atoms with Crippen LogP contribution in [0.5, 0.6) is 0 Å². The van der Waals surface area contributed by atoms with Crippen molar-refractivity contribution in [2.24, 2.45) is 5.92 Å². The first-order valence-corrected chi connectivity index (χ1v) is 9.73. The van der Waals surface area contributed by atoms with Crippen LogP contribution in [-0.2, 0) is 4.74 Å². The van der Waals surface area contributed by atoms with Crippen LogP contribution in [0, 0.1) is 12.8 Å². The van der Waals surface area contributed by atoms with Gasteiger partial charge in [0.1, 0.15) is 5.82 Å². The minimum Gasteiger partial charge on any atom is -0.371 e. The molecule has 2 aromatic heterocycles. The molecule has 5 heteroatoms. The van der Waals surface area contributed by atoms with Gasteiger partial charge in [0, 0.05) is 42.8 Å². The number of hydrogen-bond acceptors (Lipinski definition) is 5. The number of nitrogens with zero attached hydrogens (tertiary/aromatic N) is 4. The van der Waals surface area contributed by atoms with Gasteiger partial charge in [-0.15, -0.1) is 0 Å². The van der Waals surface area contributed by atoms with Crippen LogP contribution >= 0.6 is 0 Å². The fourth-order valence-electron chi connectivity index (χ4n) is 3.36. The zero-order chi connectivity index (χ0) is 18.5. The van der Waals surface area contributed by atoms with Crippen molar-refractivity contribution in [2.75, 3.05) is 18.0 Å². The highest BCUT2D eigenvalue weighted by atomic mass is 16.5. The number of anilines is 1. The smallest absolute Gasteiger partial charge is 0.163 e. The summed E-state index contributed by atoms with van der Waals surface area (Å²) < 4.78 is 6.35. The number of aryl methyl sites for hydroxylation is 1. The number of morpholine rings is 1. The van der Waals surface area contributed by atoms with E-state index in [2.05, 4.69) is 41.7 Å². The fraction of sp³-hybridized carbons (Fsp3) is 0.571. The molecule has 0 saturated carbocycles. The SMILES string of the molecule is CCCC[C@@H]1CN(c2cc(C)nc(-c3cccnc3)n2)C[C@H](C(C)C)O1. The average molecular weight is 354 g/mol. The van der Waals surface area contributed by atoms with Crippen LogP contribution in [0.4, 0.5) is 5.82 Å². The zero-order valence-electron chi connectivity index (χ0n) is 16.4. The Balaban J connectivity index is 1.87. The molecule has 5 nitrogen and oxygen atoms in total. The molecule has 0 N–H and O–H groups in total. The summed E-state index contributed by atoms with van der Waals surface area (Å²) in [4.78, 5) is 16.0. The lowest BCUT2D eigenvalue weighted by molar-refractivity contribution is -0.0521. The van der Waals surface area contributed by atoms with Crippen LogP contribution in [0.15, 0.2) is 30.6 Å². The van der Waals surface area contributed by atoms with E-state index in [1.54, 1.807) is 6.20 Å². The molecule has 140 valence electrons. The summed E-state index contributed by atoms with van der Waals surface area (Å²) in [6.45, 7) is 10.5. The minimum absolute atomic E-state index is 0.239. The monoisotopic (exact) mass is 354 g/mol. The van der Waals surface area contributed by atoms with Gasteiger partial charge >= 0.3 is 0 Å². The molecule has 1 aliphatic heterocycles. The largest absolute Gasteiger partial charge is 0.371 e. The summed E-state index contributed by atoms with van der Waals surface area (Å²) >= 11 is 0. The normalized spacial score (nSPS) is 20.6. The van der Waals surface area contributed by atoms with Gasteiger partial charge in [0.2, 0.25) is 0 Å². The molecule has 2 atom stereocenters. The van der Waals surface area contributed by atoms with E-state index in [4.69, 9.17) is 9.72 Å². The fourth-order valence-corrected chi connectivity index (χ4v) is 3.36. The Bertz CT molecular complexity index is 704. The molecule has 0 radical (unpaired) electrons.